The molecule has 1 aliphatic carbocycles. The Morgan fingerprint density at radius 1 is 1.20 bits per heavy atom. The highest BCUT2D eigenvalue weighted by molar-refractivity contribution is 5.58. The SMILES string of the molecule is CCCNc1cc(C2CC2)nc(-c2ccc(F)cc2)n1. The highest BCUT2D eigenvalue weighted by Gasteiger charge is 2.26. The number of hydrogen-bond donors (Lipinski definition) is 1. The minimum absolute atomic E-state index is 0.239. The molecular weight excluding hydrogens is 253 g/mol. The van der Waals surface area contributed by atoms with Crippen LogP contribution in [0, 0.1) is 5.82 Å². The van der Waals surface area contributed by atoms with Crippen LogP contribution < -0.4 is 5.32 Å². The summed E-state index contributed by atoms with van der Waals surface area (Å²) in [7, 11) is 0. The molecule has 104 valence electrons. The topological polar surface area (TPSA) is 37.8 Å². The molecule has 1 N–H and O–H groups in total. The van der Waals surface area contributed by atoms with Gasteiger partial charge in [-0.1, -0.05) is 6.92 Å². The summed E-state index contributed by atoms with van der Waals surface area (Å²) in [6.07, 6.45) is 3.45. The van der Waals surface area contributed by atoms with Gasteiger partial charge in [0.1, 0.15) is 11.6 Å². The van der Waals surface area contributed by atoms with Gasteiger partial charge in [0.2, 0.25) is 0 Å². The van der Waals surface area contributed by atoms with Gasteiger partial charge in [-0.3, -0.25) is 0 Å². The van der Waals surface area contributed by atoms with Gasteiger partial charge in [-0.2, -0.15) is 0 Å². The average Bonchev–Trinajstić information content (AvgIpc) is 3.30. The molecule has 0 unspecified atom stereocenters. The Labute approximate surface area is 118 Å². The molecule has 1 heterocycles. The number of hydrogen-bond acceptors (Lipinski definition) is 3. The second kappa shape index (κ2) is 5.57. The number of benzene rings is 1. The van der Waals surface area contributed by atoms with Crippen LogP contribution in [-0.2, 0) is 0 Å². The zero-order chi connectivity index (χ0) is 13.9. The smallest absolute Gasteiger partial charge is 0.161 e. The fourth-order valence-corrected chi connectivity index (χ4v) is 2.13. The molecule has 1 aromatic heterocycles. The van der Waals surface area contributed by atoms with Crippen molar-refractivity contribution in [2.24, 2.45) is 0 Å². The second-order valence-electron chi connectivity index (χ2n) is 5.21. The highest BCUT2D eigenvalue weighted by atomic mass is 19.1. The van der Waals surface area contributed by atoms with E-state index in [-0.39, 0.29) is 5.82 Å². The minimum atomic E-state index is -0.239. The number of halogens is 1. The van der Waals surface area contributed by atoms with Gasteiger partial charge in [0.25, 0.3) is 0 Å². The van der Waals surface area contributed by atoms with Crippen molar-refractivity contribution < 1.29 is 4.39 Å². The van der Waals surface area contributed by atoms with Crippen molar-refractivity contribution in [3.63, 3.8) is 0 Å². The number of nitrogens with zero attached hydrogens (tertiary/aromatic N) is 2. The Kier molecular flexibility index (Phi) is 3.63. The van der Waals surface area contributed by atoms with Crippen molar-refractivity contribution >= 4 is 5.82 Å². The third kappa shape index (κ3) is 2.95. The average molecular weight is 271 g/mol. The summed E-state index contributed by atoms with van der Waals surface area (Å²) >= 11 is 0. The van der Waals surface area contributed by atoms with Gasteiger partial charge in [-0.25, -0.2) is 14.4 Å². The lowest BCUT2D eigenvalue weighted by atomic mass is 10.2. The molecule has 1 aromatic carbocycles. The quantitative estimate of drug-likeness (QED) is 0.893. The summed E-state index contributed by atoms with van der Waals surface area (Å²) in [5.74, 6) is 1.87. The van der Waals surface area contributed by atoms with Gasteiger partial charge in [0.15, 0.2) is 5.82 Å². The molecule has 0 amide bonds. The van der Waals surface area contributed by atoms with Crippen LogP contribution in [-0.4, -0.2) is 16.5 Å². The Balaban J connectivity index is 1.95. The van der Waals surface area contributed by atoms with Crippen LogP contribution in [0.2, 0.25) is 0 Å². The summed E-state index contributed by atoms with van der Waals surface area (Å²) in [6.45, 7) is 3.01. The minimum Gasteiger partial charge on any atom is -0.370 e. The number of aromatic nitrogens is 2. The summed E-state index contributed by atoms with van der Waals surface area (Å²) in [4.78, 5) is 9.17. The van der Waals surface area contributed by atoms with Gasteiger partial charge in [0, 0.05) is 29.8 Å². The van der Waals surface area contributed by atoms with Crippen molar-refractivity contribution in [2.75, 3.05) is 11.9 Å². The zero-order valence-electron chi connectivity index (χ0n) is 11.6. The Morgan fingerprint density at radius 2 is 1.95 bits per heavy atom. The van der Waals surface area contributed by atoms with E-state index in [0.717, 1.165) is 30.0 Å². The van der Waals surface area contributed by atoms with E-state index in [9.17, 15) is 4.39 Å². The Morgan fingerprint density at radius 3 is 2.60 bits per heavy atom. The summed E-state index contributed by atoms with van der Waals surface area (Å²) in [5, 5.41) is 3.31. The fourth-order valence-electron chi connectivity index (χ4n) is 2.13. The van der Waals surface area contributed by atoms with Gasteiger partial charge in [-0.15, -0.1) is 0 Å². The fraction of sp³-hybridized carbons (Fsp3) is 0.375. The van der Waals surface area contributed by atoms with E-state index < -0.39 is 0 Å². The Bertz CT molecular complexity index is 591. The largest absolute Gasteiger partial charge is 0.370 e. The summed E-state index contributed by atoms with van der Waals surface area (Å²) < 4.78 is 13.0. The molecular formula is C16H18FN3. The van der Waals surface area contributed by atoms with Crippen LogP contribution in [0.1, 0.15) is 37.8 Å². The van der Waals surface area contributed by atoms with Crippen molar-refractivity contribution in [3.8, 4) is 11.4 Å². The third-order valence-corrected chi connectivity index (χ3v) is 3.40. The van der Waals surface area contributed by atoms with E-state index in [2.05, 4.69) is 22.2 Å². The maximum atomic E-state index is 13.0. The lowest BCUT2D eigenvalue weighted by molar-refractivity contribution is 0.628. The molecule has 0 aliphatic heterocycles. The van der Waals surface area contributed by atoms with Crippen LogP contribution >= 0.6 is 0 Å². The van der Waals surface area contributed by atoms with E-state index in [0.29, 0.717) is 11.7 Å². The molecule has 1 aliphatic rings. The van der Waals surface area contributed by atoms with Crippen LogP contribution in [0.5, 0.6) is 0 Å². The predicted molar refractivity (Wildman–Crippen MR) is 78.2 cm³/mol. The maximum Gasteiger partial charge on any atom is 0.161 e. The molecule has 0 radical (unpaired) electrons. The predicted octanol–water partition coefficient (Wildman–Crippen LogP) is 3.98. The molecule has 3 rings (SSSR count). The van der Waals surface area contributed by atoms with Gasteiger partial charge >= 0.3 is 0 Å². The molecule has 1 saturated carbocycles. The van der Waals surface area contributed by atoms with Crippen LogP contribution in [0.25, 0.3) is 11.4 Å². The maximum absolute atomic E-state index is 13.0. The third-order valence-electron chi connectivity index (χ3n) is 3.40. The summed E-state index contributed by atoms with van der Waals surface area (Å²) in [6, 6.07) is 8.39. The van der Waals surface area contributed by atoms with E-state index in [1.807, 2.05) is 6.07 Å². The first-order valence-electron chi connectivity index (χ1n) is 7.15. The lowest BCUT2D eigenvalue weighted by Crippen LogP contribution is -2.05. The van der Waals surface area contributed by atoms with Crippen molar-refractivity contribution in [2.45, 2.75) is 32.1 Å². The van der Waals surface area contributed by atoms with Gasteiger partial charge in [-0.05, 0) is 43.5 Å². The molecule has 0 spiro atoms. The zero-order valence-corrected chi connectivity index (χ0v) is 11.6. The van der Waals surface area contributed by atoms with Crippen molar-refractivity contribution in [1.82, 2.24) is 9.97 Å². The highest BCUT2D eigenvalue weighted by Crippen LogP contribution is 2.40. The van der Waals surface area contributed by atoms with E-state index >= 15 is 0 Å². The van der Waals surface area contributed by atoms with Crippen LogP contribution in [0.4, 0.5) is 10.2 Å². The van der Waals surface area contributed by atoms with E-state index in [1.54, 1.807) is 12.1 Å². The first kappa shape index (κ1) is 13.0. The first-order chi connectivity index (χ1) is 9.76. The number of anilines is 1. The standard InChI is InChI=1S/C16H18FN3/c1-2-9-18-15-10-14(11-3-4-11)19-16(20-15)12-5-7-13(17)8-6-12/h5-8,10-11H,2-4,9H2,1H3,(H,18,19,20). The molecule has 0 saturated heterocycles. The lowest BCUT2D eigenvalue weighted by Gasteiger charge is -2.09. The van der Waals surface area contributed by atoms with Crippen molar-refractivity contribution in [1.29, 1.82) is 0 Å². The van der Waals surface area contributed by atoms with Crippen LogP contribution in [0.3, 0.4) is 0 Å². The second-order valence-corrected chi connectivity index (χ2v) is 5.21. The van der Waals surface area contributed by atoms with Crippen molar-refractivity contribution in [3.05, 3.63) is 41.8 Å². The number of rotatable bonds is 5. The Hall–Kier alpha value is -1.97. The van der Waals surface area contributed by atoms with E-state index in [1.165, 1.54) is 25.0 Å². The molecule has 20 heavy (non-hydrogen) atoms. The number of nitrogens with one attached hydrogen (secondary N) is 1. The van der Waals surface area contributed by atoms with E-state index in [4.69, 9.17) is 0 Å². The van der Waals surface area contributed by atoms with Gasteiger partial charge < -0.3 is 5.32 Å². The first-order valence-corrected chi connectivity index (χ1v) is 7.15. The molecule has 3 nitrogen and oxygen atoms in total. The summed E-state index contributed by atoms with van der Waals surface area (Å²) in [5.41, 5.74) is 1.95. The van der Waals surface area contributed by atoms with Crippen LogP contribution in [0.15, 0.2) is 30.3 Å². The molecule has 0 atom stereocenters. The molecule has 2 aromatic rings. The molecule has 0 bridgehead atoms. The monoisotopic (exact) mass is 271 g/mol. The molecule has 1 fully saturated rings. The normalized spacial score (nSPS) is 14.3. The van der Waals surface area contributed by atoms with Gasteiger partial charge in [0.05, 0.1) is 0 Å². The molecule has 4 heteroatoms.